The summed E-state index contributed by atoms with van der Waals surface area (Å²) in [6.45, 7) is 6.58. The summed E-state index contributed by atoms with van der Waals surface area (Å²) in [5.41, 5.74) is 4.01. The molecule has 6 nitrogen and oxygen atoms in total. The molecular formula is C19H21ClN4O2. The molecule has 1 saturated heterocycles. The zero-order valence-corrected chi connectivity index (χ0v) is 15.6. The van der Waals surface area contributed by atoms with Crippen molar-refractivity contribution in [3.8, 4) is 0 Å². The highest BCUT2D eigenvalue weighted by Gasteiger charge is 2.27. The highest BCUT2D eigenvalue weighted by atomic mass is 35.5. The average molecular weight is 373 g/mol. The Kier molecular flexibility index (Phi) is 5.42. The lowest BCUT2D eigenvalue weighted by Gasteiger charge is -2.36. The smallest absolute Gasteiger partial charge is 0.313 e. The molecule has 1 N–H and O–H groups in total. The number of rotatable bonds is 2. The average Bonchev–Trinajstić information content (AvgIpc) is 2.65. The van der Waals surface area contributed by atoms with E-state index in [9.17, 15) is 9.59 Å². The van der Waals surface area contributed by atoms with Crippen LogP contribution in [-0.4, -0.2) is 47.9 Å². The third-order valence-electron chi connectivity index (χ3n) is 4.69. The van der Waals surface area contributed by atoms with E-state index in [1.807, 2.05) is 6.07 Å². The van der Waals surface area contributed by atoms with Gasteiger partial charge in [0.25, 0.3) is 0 Å². The van der Waals surface area contributed by atoms with Crippen molar-refractivity contribution >= 4 is 34.8 Å². The molecule has 26 heavy (non-hydrogen) atoms. The number of hydrogen-bond donors (Lipinski definition) is 1. The highest BCUT2D eigenvalue weighted by molar-refractivity contribution is 6.41. The highest BCUT2D eigenvalue weighted by Crippen LogP contribution is 2.24. The molecule has 1 aliphatic heterocycles. The predicted octanol–water partition coefficient (Wildman–Crippen LogP) is 2.64. The van der Waals surface area contributed by atoms with Crippen molar-refractivity contribution < 1.29 is 9.59 Å². The van der Waals surface area contributed by atoms with E-state index in [-0.39, 0.29) is 5.15 Å². The van der Waals surface area contributed by atoms with Crippen LogP contribution < -0.4 is 10.2 Å². The van der Waals surface area contributed by atoms with Crippen LogP contribution in [0.4, 0.5) is 11.4 Å². The zero-order chi connectivity index (χ0) is 18.7. The predicted molar refractivity (Wildman–Crippen MR) is 103 cm³/mol. The van der Waals surface area contributed by atoms with Gasteiger partial charge in [-0.1, -0.05) is 23.7 Å². The van der Waals surface area contributed by atoms with Gasteiger partial charge in [-0.05, 0) is 43.2 Å². The Balaban J connectivity index is 1.60. The second-order valence-corrected chi connectivity index (χ2v) is 6.65. The Bertz CT molecular complexity index is 832. The number of piperazine rings is 1. The lowest BCUT2D eigenvalue weighted by atomic mass is 10.1. The van der Waals surface area contributed by atoms with E-state index in [0.29, 0.717) is 31.9 Å². The zero-order valence-electron chi connectivity index (χ0n) is 14.8. The first-order valence-electron chi connectivity index (χ1n) is 8.49. The van der Waals surface area contributed by atoms with Crippen molar-refractivity contribution in [2.45, 2.75) is 13.8 Å². The first-order valence-corrected chi connectivity index (χ1v) is 8.87. The quantitative estimate of drug-likeness (QED) is 0.650. The Labute approximate surface area is 157 Å². The standard InChI is InChI=1S/C19H21ClN4O2/c1-13-5-3-7-16(14(13)2)23-9-11-24(12-10-23)19(26)18(25)22-15-6-4-8-21-17(15)20/h3-8H,9-12H2,1-2H3,(H,22,25). The number of pyridine rings is 1. The lowest BCUT2D eigenvalue weighted by molar-refractivity contribution is -0.143. The number of aromatic nitrogens is 1. The number of hydrogen-bond acceptors (Lipinski definition) is 4. The van der Waals surface area contributed by atoms with Gasteiger partial charge in [-0.25, -0.2) is 4.98 Å². The van der Waals surface area contributed by atoms with Crippen molar-refractivity contribution in [3.63, 3.8) is 0 Å². The van der Waals surface area contributed by atoms with Crippen molar-refractivity contribution in [3.05, 3.63) is 52.8 Å². The van der Waals surface area contributed by atoms with Crippen molar-refractivity contribution in [2.24, 2.45) is 0 Å². The van der Waals surface area contributed by atoms with Gasteiger partial charge >= 0.3 is 11.8 Å². The minimum Gasteiger partial charge on any atom is -0.368 e. The van der Waals surface area contributed by atoms with E-state index in [2.05, 4.69) is 41.2 Å². The number of halogens is 1. The molecule has 0 aliphatic carbocycles. The molecule has 1 aromatic carbocycles. The molecule has 2 amide bonds. The van der Waals surface area contributed by atoms with E-state index < -0.39 is 11.8 Å². The van der Waals surface area contributed by atoms with E-state index in [1.165, 1.54) is 23.0 Å². The molecule has 2 aromatic rings. The molecule has 0 atom stereocenters. The number of nitrogens with zero attached hydrogens (tertiary/aromatic N) is 3. The van der Waals surface area contributed by atoms with Gasteiger partial charge in [-0.3, -0.25) is 9.59 Å². The number of nitrogens with one attached hydrogen (secondary N) is 1. The molecule has 1 fully saturated rings. The van der Waals surface area contributed by atoms with Crippen molar-refractivity contribution in [1.29, 1.82) is 0 Å². The monoisotopic (exact) mass is 372 g/mol. The SMILES string of the molecule is Cc1cccc(N2CCN(C(=O)C(=O)Nc3cccnc3Cl)CC2)c1C. The minimum atomic E-state index is -0.694. The van der Waals surface area contributed by atoms with Crippen LogP contribution in [0, 0.1) is 13.8 Å². The van der Waals surface area contributed by atoms with Gasteiger partial charge < -0.3 is 15.1 Å². The maximum Gasteiger partial charge on any atom is 0.313 e. The van der Waals surface area contributed by atoms with Gasteiger partial charge in [-0.15, -0.1) is 0 Å². The molecule has 0 spiro atoms. The Morgan fingerprint density at radius 1 is 1.08 bits per heavy atom. The summed E-state index contributed by atoms with van der Waals surface area (Å²) in [6.07, 6.45) is 1.52. The lowest BCUT2D eigenvalue weighted by Crippen LogP contribution is -2.51. The number of carbonyl (C=O) groups excluding carboxylic acids is 2. The maximum absolute atomic E-state index is 12.4. The summed E-state index contributed by atoms with van der Waals surface area (Å²) >= 11 is 5.92. The molecule has 1 aliphatic rings. The first kappa shape index (κ1) is 18.2. The second-order valence-electron chi connectivity index (χ2n) is 6.29. The molecule has 0 bridgehead atoms. The van der Waals surface area contributed by atoms with Crippen LogP contribution in [0.2, 0.25) is 5.15 Å². The fourth-order valence-electron chi connectivity index (χ4n) is 3.03. The third kappa shape index (κ3) is 3.80. The van der Waals surface area contributed by atoms with Gasteiger partial charge in [0, 0.05) is 38.1 Å². The van der Waals surface area contributed by atoms with E-state index in [1.54, 1.807) is 17.0 Å². The molecule has 3 rings (SSSR count). The topological polar surface area (TPSA) is 65.5 Å². The van der Waals surface area contributed by atoms with Gasteiger partial charge in [-0.2, -0.15) is 0 Å². The Morgan fingerprint density at radius 2 is 1.81 bits per heavy atom. The second kappa shape index (κ2) is 7.74. The van der Waals surface area contributed by atoms with Crippen LogP contribution in [-0.2, 0) is 9.59 Å². The summed E-state index contributed by atoms with van der Waals surface area (Å²) < 4.78 is 0. The molecule has 0 saturated carbocycles. The Morgan fingerprint density at radius 3 is 2.50 bits per heavy atom. The largest absolute Gasteiger partial charge is 0.368 e. The minimum absolute atomic E-state index is 0.161. The van der Waals surface area contributed by atoms with Crippen LogP contribution in [0.25, 0.3) is 0 Å². The number of aryl methyl sites for hydroxylation is 1. The van der Waals surface area contributed by atoms with E-state index in [0.717, 1.165) is 0 Å². The van der Waals surface area contributed by atoms with E-state index >= 15 is 0 Å². The summed E-state index contributed by atoms with van der Waals surface area (Å²) in [6, 6.07) is 9.48. The molecule has 0 radical (unpaired) electrons. The van der Waals surface area contributed by atoms with E-state index in [4.69, 9.17) is 11.6 Å². The van der Waals surface area contributed by atoms with Crippen LogP contribution in [0.5, 0.6) is 0 Å². The number of benzene rings is 1. The van der Waals surface area contributed by atoms with Crippen molar-refractivity contribution in [1.82, 2.24) is 9.88 Å². The number of amides is 2. The summed E-state index contributed by atoms with van der Waals surface area (Å²) in [4.78, 5) is 32.3. The molecule has 7 heteroatoms. The normalized spacial score (nSPS) is 14.3. The molecule has 2 heterocycles. The summed E-state index contributed by atoms with van der Waals surface area (Å²) in [5.74, 6) is -1.24. The number of carbonyl (C=O) groups is 2. The molecule has 136 valence electrons. The molecular weight excluding hydrogens is 352 g/mol. The first-order chi connectivity index (χ1) is 12.5. The van der Waals surface area contributed by atoms with Gasteiger partial charge in [0.15, 0.2) is 5.15 Å². The fourth-order valence-corrected chi connectivity index (χ4v) is 3.19. The third-order valence-corrected chi connectivity index (χ3v) is 4.99. The van der Waals surface area contributed by atoms with Crippen LogP contribution in [0.1, 0.15) is 11.1 Å². The summed E-state index contributed by atoms with van der Waals surface area (Å²) in [5, 5.41) is 2.69. The van der Waals surface area contributed by atoms with Crippen LogP contribution >= 0.6 is 11.6 Å². The maximum atomic E-state index is 12.4. The Hall–Kier alpha value is -2.60. The van der Waals surface area contributed by atoms with Crippen LogP contribution in [0.15, 0.2) is 36.5 Å². The van der Waals surface area contributed by atoms with Gasteiger partial charge in [0.2, 0.25) is 0 Å². The fraction of sp³-hybridized carbons (Fsp3) is 0.316. The number of anilines is 2. The van der Waals surface area contributed by atoms with Gasteiger partial charge in [0.05, 0.1) is 5.69 Å². The van der Waals surface area contributed by atoms with Gasteiger partial charge in [0.1, 0.15) is 0 Å². The molecule has 1 aromatic heterocycles. The van der Waals surface area contributed by atoms with Crippen molar-refractivity contribution in [2.75, 3.05) is 36.4 Å². The molecule has 0 unspecified atom stereocenters. The van der Waals surface area contributed by atoms with Crippen LogP contribution in [0.3, 0.4) is 0 Å². The summed E-state index contributed by atoms with van der Waals surface area (Å²) in [7, 11) is 0.